The highest BCUT2D eigenvalue weighted by Crippen LogP contribution is 2.35. The number of benzene rings is 3. The van der Waals surface area contributed by atoms with Crippen LogP contribution in [0.5, 0.6) is 0 Å². The molecule has 4 aromatic rings. The fourth-order valence-corrected chi connectivity index (χ4v) is 4.06. The number of aromatic nitrogens is 1. The smallest absolute Gasteiger partial charge is 0.123 e. The second-order valence-corrected chi connectivity index (χ2v) is 7.46. The molecule has 4 rings (SSSR count). The first-order valence-corrected chi connectivity index (χ1v) is 9.83. The Morgan fingerprint density at radius 1 is 1.00 bits per heavy atom. The van der Waals surface area contributed by atoms with Crippen molar-refractivity contribution in [2.24, 2.45) is 0 Å². The van der Waals surface area contributed by atoms with E-state index in [2.05, 4.69) is 53.3 Å². The molecule has 1 heterocycles. The van der Waals surface area contributed by atoms with Gasteiger partial charge in [-0.15, -0.1) is 0 Å². The topological polar surface area (TPSA) is 37.2 Å². The first kappa shape index (κ1) is 19.4. The van der Waals surface area contributed by atoms with E-state index in [0.29, 0.717) is 6.54 Å². The fourth-order valence-electron chi connectivity index (χ4n) is 4.06. The van der Waals surface area contributed by atoms with Gasteiger partial charge in [0.1, 0.15) is 5.82 Å². The van der Waals surface area contributed by atoms with Crippen LogP contribution >= 0.6 is 0 Å². The van der Waals surface area contributed by atoms with Crippen LogP contribution in [0.1, 0.15) is 17.2 Å². The van der Waals surface area contributed by atoms with Crippen molar-refractivity contribution in [2.75, 3.05) is 13.6 Å². The zero-order chi connectivity index (χ0) is 20.4. The molecule has 0 spiro atoms. The molecule has 3 aromatic carbocycles. The van der Waals surface area contributed by atoms with Gasteiger partial charge in [0.2, 0.25) is 0 Å². The van der Waals surface area contributed by atoms with E-state index in [-0.39, 0.29) is 5.82 Å². The van der Waals surface area contributed by atoms with Gasteiger partial charge in [-0.25, -0.2) is 4.39 Å². The number of aliphatic hydroxyl groups excluding tert-OH is 1. The van der Waals surface area contributed by atoms with Crippen LogP contribution in [0.25, 0.3) is 22.0 Å². The first-order valence-electron chi connectivity index (χ1n) is 9.83. The molecule has 2 atom stereocenters. The second kappa shape index (κ2) is 8.19. The van der Waals surface area contributed by atoms with E-state index < -0.39 is 12.1 Å². The Hall–Kier alpha value is -2.95. The minimum absolute atomic E-state index is 0.306. The van der Waals surface area contributed by atoms with E-state index in [4.69, 9.17) is 0 Å². The molecule has 0 aliphatic heterocycles. The lowest BCUT2D eigenvalue weighted by molar-refractivity contribution is 0.132. The van der Waals surface area contributed by atoms with Crippen LogP contribution in [-0.2, 0) is 0 Å². The largest absolute Gasteiger partial charge is 0.389 e. The summed E-state index contributed by atoms with van der Waals surface area (Å²) in [6.07, 6.45) is 1.36. The molecule has 0 aliphatic rings. The van der Waals surface area contributed by atoms with Gasteiger partial charge in [-0.3, -0.25) is 0 Å². The number of hydrogen-bond donors (Lipinski definition) is 2. The van der Waals surface area contributed by atoms with E-state index in [1.165, 1.54) is 17.7 Å². The average molecular weight is 388 g/mol. The maximum absolute atomic E-state index is 14.0. The third kappa shape index (κ3) is 3.82. The lowest BCUT2D eigenvalue weighted by atomic mass is 10.0. The van der Waals surface area contributed by atoms with Crippen molar-refractivity contribution < 1.29 is 9.50 Å². The maximum Gasteiger partial charge on any atom is 0.123 e. The number of likely N-dealkylation sites (N-methyl/N-ethyl adjacent to an activating group) is 1. The lowest BCUT2D eigenvalue weighted by Crippen LogP contribution is -2.33. The van der Waals surface area contributed by atoms with Crippen molar-refractivity contribution in [2.45, 2.75) is 19.1 Å². The Morgan fingerprint density at radius 2 is 1.79 bits per heavy atom. The predicted octanol–water partition coefficient (Wildman–Crippen LogP) is 4.93. The van der Waals surface area contributed by atoms with Crippen molar-refractivity contribution in [1.82, 2.24) is 9.88 Å². The van der Waals surface area contributed by atoms with E-state index in [0.717, 1.165) is 27.6 Å². The molecule has 0 unspecified atom stereocenters. The Labute approximate surface area is 170 Å². The fraction of sp³-hybridized carbons (Fsp3) is 0.200. The van der Waals surface area contributed by atoms with Crippen LogP contribution in [0.15, 0.2) is 79.0 Å². The summed E-state index contributed by atoms with van der Waals surface area (Å²) in [5.41, 5.74) is 5.16. The second-order valence-electron chi connectivity index (χ2n) is 7.46. The van der Waals surface area contributed by atoms with Crippen molar-refractivity contribution in [3.63, 3.8) is 0 Å². The number of hydrogen-bond acceptors (Lipinski definition) is 2. The van der Waals surface area contributed by atoms with Gasteiger partial charge in [0.05, 0.1) is 12.1 Å². The minimum Gasteiger partial charge on any atom is -0.389 e. The quantitative estimate of drug-likeness (QED) is 0.492. The third-order valence-electron chi connectivity index (χ3n) is 5.34. The summed E-state index contributed by atoms with van der Waals surface area (Å²) in [4.78, 5) is 0. The molecule has 0 saturated carbocycles. The normalized spacial score (nSPS) is 13.5. The summed E-state index contributed by atoms with van der Waals surface area (Å²) < 4.78 is 16.1. The molecular weight excluding hydrogens is 363 g/mol. The SMILES string of the molecule is CNC[C@@H](O)[C@H](c1cccc(F)c1)n1cc(-c2cccc(C)c2)c2ccccc21. The van der Waals surface area contributed by atoms with Crippen LogP contribution in [0, 0.1) is 12.7 Å². The molecule has 0 bridgehead atoms. The molecule has 0 fully saturated rings. The molecule has 0 saturated heterocycles. The number of nitrogens with one attached hydrogen (secondary N) is 1. The molecule has 148 valence electrons. The number of aliphatic hydroxyl groups is 1. The molecule has 0 aliphatic carbocycles. The maximum atomic E-state index is 14.0. The summed E-state index contributed by atoms with van der Waals surface area (Å²) in [6, 6.07) is 22.6. The summed E-state index contributed by atoms with van der Waals surface area (Å²) in [7, 11) is 1.80. The zero-order valence-electron chi connectivity index (χ0n) is 16.6. The minimum atomic E-state index is -0.719. The predicted molar refractivity (Wildman–Crippen MR) is 117 cm³/mol. The van der Waals surface area contributed by atoms with Gasteiger partial charge >= 0.3 is 0 Å². The van der Waals surface area contributed by atoms with Gasteiger partial charge in [-0.1, -0.05) is 60.2 Å². The van der Waals surface area contributed by atoms with Crippen LogP contribution < -0.4 is 5.32 Å². The monoisotopic (exact) mass is 388 g/mol. The molecule has 2 N–H and O–H groups in total. The summed E-state index contributed by atoms with van der Waals surface area (Å²) in [6.45, 7) is 2.47. The van der Waals surface area contributed by atoms with Gasteiger partial charge in [0, 0.05) is 29.2 Å². The van der Waals surface area contributed by atoms with Gasteiger partial charge in [-0.05, 0) is 43.3 Å². The Morgan fingerprint density at radius 3 is 2.55 bits per heavy atom. The van der Waals surface area contributed by atoms with Crippen molar-refractivity contribution in [3.8, 4) is 11.1 Å². The van der Waals surface area contributed by atoms with E-state index in [9.17, 15) is 9.50 Å². The Balaban J connectivity index is 1.94. The standard InChI is InChI=1S/C25H25FN2O/c1-17-7-5-8-18(13-17)22-16-28(23-12-4-3-11-21(22)23)25(24(29)15-27-2)19-9-6-10-20(26)14-19/h3-14,16,24-25,27,29H,15H2,1-2H3/t24-,25+/m1/s1. The van der Waals surface area contributed by atoms with Crippen molar-refractivity contribution in [1.29, 1.82) is 0 Å². The number of halogens is 1. The number of aryl methyl sites for hydroxylation is 1. The number of fused-ring (bicyclic) bond motifs is 1. The van der Waals surface area contributed by atoms with Crippen LogP contribution in [0.2, 0.25) is 0 Å². The van der Waals surface area contributed by atoms with Crippen molar-refractivity contribution >= 4 is 10.9 Å². The highest BCUT2D eigenvalue weighted by molar-refractivity contribution is 5.96. The van der Waals surface area contributed by atoms with Crippen LogP contribution in [0.4, 0.5) is 4.39 Å². The summed E-state index contributed by atoms with van der Waals surface area (Å²) in [5.74, 6) is -0.306. The molecule has 1 aromatic heterocycles. The Kier molecular flexibility index (Phi) is 5.47. The molecule has 4 heteroatoms. The van der Waals surface area contributed by atoms with Gasteiger partial charge < -0.3 is 15.0 Å². The van der Waals surface area contributed by atoms with E-state index in [1.54, 1.807) is 13.1 Å². The van der Waals surface area contributed by atoms with Gasteiger partial charge in [0.25, 0.3) is 0 Å². The highest BCUT2D eigenvalue weighted by Gasteiger charge is 2.25. The zero-order valence-corrected chi connectivity index (χ0v) is 16.6. The van der Waals surface area contributed by atoms with Crippen LogP contribution in [-0.4, -0.2) is 29.4 Å². The van der Waals surface area contributed by atoms with Gasteiger partial charge in [0.15, 0.2) is 0 Å². The molecule has 0 radical (unpaired) electrons. The lowest BCUT2D eigenvalue weighted by Gasteiger charge is -2.26. The Bertz CT molecular complexity index is 1130. The number of rotatable bonds is 6. The molecular formula is C25H25FN2O. The molecule has 29 heavy (non-hydrogen) atoms. The van der Waals surface area contributed by atoms with Crippen molar-refractivity contribution in [3.05, 3.63) is 95.9 Å². The summed E-state index contributed by atoms with van der Waals surface area (Å²) in [5, 5.41) is 15.1. The van der Waals surface area contributed by atoms with E-state index >= 15 is 0 Å². The van der Waals surface area contributed by atoms with Crippen LogP contribution in [0.3, 0.4) is 0 Å². The molecule has 0 amide bonds. The van der Waals surface area contributed by atoms with Gasteiger partial charge in [-0.2, -0.15) is 0 Å². The number of para-hydroxylation sites is 1. The number of nitrogens with zero attached hydrogens (tertiary/aromatic N) is 1. The summed E-state index contributed by atoms with van der Waals surface area (Å²) >= 11 is 0. The molecule has 3 nitrogen and oxygen atoms in total. The van der Waals surface area contributed by atoms with E-state index in [1.807, 2.05) is 24.3 Å². The average Bonchev–Trinajstić information content (AvgIpc) is 3.08. The first-order chi connectivity index (χ1) is 14.1. The highest BCUT2D eigenvalue weighted by atomic mass is 19.1. The third-order valence-corrected chi connectivity index (χ3v) is 5.34.